The van der Waals surface area contributed by atoms with Crippen molar-refractivity contribution < 1.29 is 18.7 Å². The molecular formula is C22H20Cl2N2O4. The summed E-state index contributed by atoms with van der Waals surface area (Å²) >= 11 is 12.3. The molecule has 1 aromatic heterocycles. The lowest BCUT2D eigenvalue weighted by atomic mass is 10.1. The second kappa shape index (κ2) is 9.08. The number of amides is 1. The van der Waals surface area contributed by atoms with Crippen LogP contribution in [0.3, 0.4) is 0 Å². The summed E-state index contributed by atoms with van der Waals surface area (Å²) in [5, 5.41) is 4.58. The highest BCUT2D eigenvalue weighted by molar-refractivity contribution is 6.32. The molecule has 0 saturated carbocycles. The van der Waals surface area contributed by atoms with Crippen molar-refractivity contribution in [3.8, 4) is 5.75 Å². The molecule has 0 spiro atoms. The Balaban J connectivity index is 1.75. The molecule has 4 rings (SSSR count). The Morgan fingerprint density at radius 3 is 2.83 bits per heavy atom. The number of hydrogen-bond donors (Lipinski definition) is 1. The van der Waals surface area contributed by atoms with Crippen molar-refractivity contribution in [3.05, 3.63) is 63.6 Å². The summed E-state index contributed by atoms with van der Waals surface area (Å²) in [7, 11) is 1.54. The van der Waals surface area contributed by atoms with E-state index >= 15 is 0 Å². The largest absolute Gasteiger partial charge is 0.495 e. The van der Waals surface area contributed by atoms with Crippen LogP contribution < -0.4 is 15.6 Å². The molecule has 8 heteroatoms. The first-order chi connectivity index (χ1) is 14.5. The third-order valence-electron chi connectivity index (χ3n) is 4.83. The lowest BCUT2D eigenvalue weighted by molar-refractivity contribution is 0.0854. The molecule has 1 unspecified atom stereocenters. The van der Waals surface area contributed by atoms with Crippen LogP contribution in [-0.2, 0) is 4.74 Å². The molecule has 0 radical (unpaired) electrons. The van der Waals surface area contributed by atoms with Gasteiger partial charge in [0.15, 0.2) is 0 Å². The SMILES string of the molecule is COc1ccc(N=c2oc3ccc(Cl)cc3cc2C(=O)NCC2CCCO2)cc1Cl. The van der Waals surface area contributed by atoms with Gasteiger partial charge in [-0.05, 0) is 55.3 Å². The molecule has 156 valence electrons. The fourth-order valence-corrected chi connectivity index (χ4v) is 3.73. The highest BCUT2D eigenvalue weighted by atomic mass is 35.5. The summed E-state index contributed by atoms with van der Waals surface area (Å²) in [5.41, 5.74) is 1.57. The first kappa shape index (κ1) is 20.7. The summed E-state index contributed by atoms with van der Waals surface area (Å²) in [4.78, 5) is 17.5. The molecule has 1 aliphatic heterocycles. The van der Waals surface area contributed by atoms with E-state index in [9.17, 15) is 4.79 Å². The molecule has 1 N–H and O–H groups in total. The van der Waals surface area contributed by atoms with Gasteiger partial charge in [0.2, 0.25) is 5.55 Å². The van der Waals surface area contributed by atoms with Gasteiger partial charge >= 0.3 is 0 Å². The van der Waals surface area contributed by atoms with Crippen LogP contribution in [0.5, 0.6) is 5.75 Å². The van der Waals surface area contributed by atoms with E-state index < -0.39 is 0 Å². The van der Waals surface area contributed by atoms with Gasteiger partial charge in [-0.3, -0.25) is 4.79 Å². The van der Waals surface area contributed by atoms with Gasteiger partial charge in [-0.1, -0.05) is 23.2 Å². The van der Waals surface area contributed by atoms with Crippen molar-refractivity contribution in [2.24, 2.45) is 4.99 Å². The number of ether oxygens (including phenoxy) is 2. The van der Waals surface area contributed by atoms with Gasteiger partial charge in [0.1, 0.15) is 16.9 Å². The molecule has 1 saturated heterocycles. The van der Waals surface area contributed by atoms with E-state index in [0.717, 1.165) is 19.4 Å². The Kier molecular flexibility index (Phi) is 6.27. The molecule has 1 fully saturated rings. The number of benzene rings is 2. The zero-order chi connectivity index (χ0) is 21.1. The molecule has 0 aliphatic carbocycles. The zero-order valence-electron chi connectivity index (χ0n) is 16.3. The van der Waals surface area contributed by atoms with E-state index in [2.05, 4.69) is 10.3 Å². The van der Waals surface area contributed by atoms with Crippen molar-refractivity contribution in [2.45, 2.75) is 18.9 Å². The standard InChI is InChI=1S/C22H20Cl2N2O4/c1-28-20-7-5-15(11-18(20)24)26-22-17(21(27)25-12-16-3-2-8-29-16)10-13-9-14(23)4-6-19(13)30-22/h4-7,9-11,16H,2-3,8,12H2,1H3,(H,25,27). The molecular weight excluding hydrogens is 427 g/mol. The van der Waals surface area contributed by atoms with E-state index in [1.54, 1.807) is 49.6 Å². The monoisotopic (exact) mass is 446 g/mol. The Labute approximate surface area is 183 Å². The second-order valence-electron chi connectivity index (χ2n) is 6.92. The maximum atomic E-state index is 12.9. The molecule has 6 nitrogen and oxygen atoms in total. The van der Waals surface area contributed by atoms with E-state index in [-0.39, 0.29) is 17.6 Å². The van der Waals surface area contributed by atoms with E-state index in [4.69, 9.17) is 37.1 Å². The fourth-order valence-electron chi connectivity index (χ4n) is 3.30. The number of carbonyl (C=O) groups excluding carboxylic acids is 1. The molecule has 1 atom stereocenters. The van der Waals surface area contributed by atoms with Gasteiger partial charge in [-0.25, -0.2) is 4.99 Å². The predicted molar refractivity (Wildman–Crippen MR) is 116 cm³/mol. The van der Waals surface area contributed by atoms with Crippen LogP contribution in [-0.4, -0.2) is 32.3 Å². The lowest BCUT2D eigenvalue weighted by Gasteiger charge is -2.11. The number of nitrogens with one attached hydrogen (secondary N) is 1. The predicted octanol–water partition coefficient (Wildman–Crippen LogP) is 4.89. The van der Waals surface area contributed by atoms with Crippen LogP contribution in [0.25, 0.3) is 11.0 Å². The summed E-state index contributed by atoms with van der Waals surface area (Å²) in [6, 6.07) is 12.0. The minimum absolute atomic E-state index is 0.0292. The zero-order valence-corrected chi connectivity index (χ0v) is 17.8. The Bertz CT molecular complexity index is 1150. The summed E-state index contributed by atoms with van der Waals surface area (Å²) in [6.07, 6.45) is 1.96. The van der Waals surface area contributed by atoms with Crippen LogP contribution >= 0.6 is 23.2 Å². The maximum Gasteiger partial charge on any atom is 0.256 e. The number of methoxy groups -OCH3 is 1. The Morgan fingerprint density at radius 2 is 2.10 bits per heavy atom. The van der Waals surface area contributed by atoms with Gasteiger partial charge in [0, 0.05) is 23.6 Å². The minimum Gasteiger partial charge on any atom is -0.495 e. The van der Waals surface area contributed by atoms with Gasteiger partial charge in [0.25, 0.3) is 5.91 Å². The summed E-state index contributed by atoms with van der Waals surface area (Å²) < 4.78 is 16.7. The average Bonchev–Trinajstić information content (AvgIpc) is 3.25. The van der Waals surface area contributed by atoms with Crippen molar-refractivity contribution in [2.75, 3.05) is 20.3 Å². The van der Waals surface area contributed by atoms with Crippen LogP contribution in [0.1, 0.15) is 23.2 Å². The third-order valence-corrected chi connectivity index (χ3v) is 5.36. The van der Waals surface area contributed by atoms with Gasteiger partial charge < -0.3 is 19.2 Å². The minimum atomic E-state index is -0.297. The molecule has 2 heterocycles. The third kappa shape index (κ3) is 4.61. The smallest absolute Gasteiger partial charge is 0.256 e. The molecule has 3 aromatic rings. The Morgan fingerprint density at radius 1 is 1.23 bits per heavy atom. The van der Waals surface area contributed by atoms with Gasteiger partial charge in [0.05, 0.1) is 23.9 Å². The first-order valence-corrected chi connectivity index (χ1v) is 10.3. The van der Waals surface area contributed by atoms with Gasteiger partial charge in [-0.15, -0.1) is 0 Å². The van der Waals surface area contributed by atoms with E-state index in [0.29, 0.717) is 44.6 Å². The summed E-state index contributed by atoms with van der Waals surface area (Å²) in [6.45, 7) is 1.16. The summed E-state index contributed by atoms with van der Waals surface area (Å²) in [5.74, 6) is 0.240. The van der Waals surface area contributed by atoms with Crippen molar-refractivity contribution >= 4 is 45.8 Å². The second-order valence-corrected chi connectivity index (χ2v) is 7.77. The van der Waals surface area contributed by atoms with Crippen molar-refractivity contribution in [1.29, 1.82) is 0 Å². The molecule has 30 heavy (non-hydrogen) atoms. The number of rotatable bonds is 5. The quantitative estimate of drug-likeness (QED) is 0.605. The van der Waals surface area contributed by atoms with Gasteiger partial charge in [-0.2, -0.15) is 0 Å². The van der Waals surface area contributed by atoms with Crippen molar-refractivity contribution in [1.82, 2.24) is 5.32 Å². The fraction of sp³-hybridized carbons (Fsp3) is 0.273. The maximum absolute atomic E-state index is 12.9. The van der Waals surface area contributed by atoms with Crippen molar-refractivity contribution in [3.63, 3.8) is 0 Å². The number of nitrogens with zero attached hydrogens (tertiary/aromatic N) is 1. The molecule has 1 aliphatic rings. The highest BCUT2D eigenvalue weighted by Gasteiger charge is 2.18. The molecule has 0 bridgehead atoms. The Hall–Kier alpha value is -2.54. The number of carbonyl (C=O) groups is 1. The number of hydrogen-bond acceptors (Lipinski definition) is 5. The average molecular weight is 447 g/mol. The van der Waals surface area contributed by atoms with Crippen LogP contribution in [0.2, 0.25) is 10.0 Å². The number of fused-ring (bicyclic) bond motifs is 1. The highest BCUT2D eigenvalue weighted by Crippen LogP contribution is 2.28. The van der Waals surface area contributed by atoms with Crippen LogP contribution in [0, 0.1) is 0 Å². The van der Waals surface area contributed by atoms with E-state index in [1.165, 1.54) is 0 Å². The number of halogens is 2. The van der Waals surface area contributed by atoms with Crippen LogP contribution in [0.15, 0.2) is 51.9 Å². The first-order valence-electron chi connectivity index (χ1n) is 9.55. The van der Waals surface area contributed by atoms with Crippen LogP contribution in [0.4, 0.5) is 5.69 Å². The normalized spacial score (nSPS) is 16.8. The lowest BCUT2D eigenvalue weighted by Crippen LogP contribution is -2.34. The van der Waals surface area contributed by atoms with E-state index in [1.807, 2.05) is 0 Å². The molecule has 2 aromatic carbocycles. The molecule has 1 amide bonds. The topological polar surface area (TPSA) is 73.1 Å².